The SMILES string of the molecule is O=S(=O)(Nc1cccc(B(O)O)c1)c1ccc(F)cc1. The number of anilines is 1. The van der Waals surface area contributed by atoms with E-state index < -0.39 is 23.0 Å². The number of benzene rings is 2. The largest absolute Gasteiger partial charge is 0.488 e. The number of sulfonamides is 1. The molecule has 8 heteroatoms. The highest BCUT2D eigenvalue weighted by Gasteiger charge is 2.16. The number of nitrogens with one attached hydrogen (secondary N) is 1. The molecule has 0 radical (unpaired) electrons. The molecule has 0 amide bonds. The lowest BCUT2D eigenvalue weighted by atomic mass is 9.80. The minimum Gasteiger partial charge on any atom is -0.423 e. The summed E-state index contributed by atoms with van der Waals surface area (Å²) in [6, 6.07) is 10.1. The predicted octanol–water partition coefficient (Wildman–Crippen LogP) is 0.306. The van der Waals surface area contributed by atoms with Crippen LogP contribution in [-0.2, 0) is 10.0 Å². The quantitative estimate of drug-likeness (QED) is 0.708. The summed E-state index contributed by atoms with van der Waals surface area (Å²) in [5.74, 6) is -0.533. The van der Waals surface area contributed by atoms with Gasteiger partial charge in [0.05, 0.1) is 4.90 Å². The summed E-state index contributed by atoms with van der Waals surface area (Å²) in [5.41, 5.74) is 0.337. The molecule has 0 saturated heterocycles. The number of rotatable bonds is 4. The third-order valence-corrected chi connectivity index (χ3v) is 3.96. The third kappa shape index (κ3) is 3.35. The molecule has 0 spiro atoms. The van der Waals surface area contributed by atoms with Gasteiger partial charge in [-0.05, 0) is 41.9 Å². The first-order valence-corrected chi connectivity index (χ1v) is 7.11. The molecular formula is C12H11BFNO4S. The van der Waals surface area contributed by atoms with Crippen molar-refractivity contribution in [2.45, 2.75) is 4.90 Å². The zero-order valence-corrected chi connectivity index (χ0v) is 11.0. The van der Waals surface area contributed by atoms with E-state index in [9.17, 15) is 12.8 Å². The van der Waals surface area contributed by atoms with Gasteiger partial charge in [0.1, 0.15) is 5.82 Å². The van der Waals surface area contributed by atoms with E-state index in [4.69, 9.17) is 10.0 Å². The van der Waals surface area contributed by atoms with Crippen LogP contribution in [0.2, 0.25) is 0 Å². The highest BCUT2D eigenvalue weighted by atomic mass is 32.2. The Morgan fingerprint density at radius 2 is 1.70 bits per heavy atom. The number of halogens is 1. The van der Waals surface area contributed by atoms with E-state index >= 15 is 0 Å². The van der Waals surface area contributed by atoms with Crippen LogP contribution >= 0.6 is 0 Å². The van der Waals surface area contributed by atoms with Gasteiger partial charge in [0.25, 0.3) is 10.0 Å². The number of hydrogen-bond donors (Lipinski definition) is 3. The molecule has 0 aromatic heterocycles. The van der Waals surface area contributed by atoms with Crippen LogP contribution in [0.15, 0.2) is 53.4 Å². The molecule has 0 aliphatic carbocycles. The Bertz CT molecular complexity index is 704. The molecule has 2 rings (SSSR count). The Morgan fingerprint density at radius 1 is 1.05 bits per heavy atom. The van der Waals surface area contributed by atoms with Crippen LogP contribution in [0.5, 0.6) is 0 Å². The summed E-state index contributed by atoms with van der Waals surface area (Å²) in [4.78, 5) is -0.0890. The van der Waals surface area contributed by atoms with Crippen molar-refractivity contribution in [1.29, 1.82) is 0 Å². The van der Waals surface area contributed by atoms with Gasteiger partial charge < -0.3 is 10.0 Å². The second kappa shape index (κ2) is 5.62. The fraction of sp³-hybridized carbons (Fsp3) is 0. The topological polar surface area (TPSA) is 86.6 Å². The van der Waals surface area contributed by atoms with Gasteiger partial charge in [-0.15, -0.1) is 0 Å². The van der Waals surface area contributed by atoms with Gasteiger partial charge in [0.2, 0.25) is 0 Å². The van der Waals surface area contributed by atoms with Gasteiger partial charge in [-0.3, -0.25) is 4.72 Å². The van der Waals surface area contributed by atoms with Crippen LogP contribution in [0, 0.1) is 5.82 Å². The third-order valence-electron chi connectivity index (χ3n) is 2.56. The van der Waals surface area contributed by atoms with Crippen molar-refractivity contribution < 1.29 is 22.9 Å². The molecule has 104 valence electrons. The molecule has 0 aliphatic heterocycles. The molecule has 2 aromatic rings. The highest BCUT2D eigenvalue weighted by molar-refractivity contribution is 7.92. The van der Waals surface area contributed by atoms with Gasteiger partial charge in [0, 0.05) is 5.69 Å². The fourth-order valence-electron chi connectivity index (χ4n) is 1.59. The maximum absolute atomic E-state index is 12.8. The predicted molar refractivity (Wildman–Crippen MR) is 73.5 cm³/mol. The van der Waals surface area contributed by atoms with Crippen molar-refractivity contribution in [3.05, 3.63) is 54.3 Å². The van der Waals surface area contributed by atoms with E-state index in [1.165, 1.54) is 24.3 Å². The maximum Gasteiger partial charge on any atom is 0.488 e. The number of hydrogen-bond acceptors (Lipinski definition) is 4. The first-order chi connectivity index (χ1) is 9.38. The Kier molecular flexibility index (Phi) is 4.08. The standard InChI is InChI=1S/C12H11BFNO4S/c14-10-4-6-12(7-5-10)20(18,19)15-11-3-1-2-9(8-11)13(16)17/h1-8,15-17H. The summed E-state index contributed by atoms with van der Waals surface area (Å²) in [6.07, 6.45) is 0. The minimum absolute atomic E-state index is 0.0890. The Labute approximate surface area is 115 Å². The average Bonchev–Trinajstić information content (AvgIpc) is 2.39. The van der Waals surface area contributed by atoms with Crippen molar-refractivity contribution in [2.75, 3.05) is 4.72 Å². The molecule has 20 heavy (non-hydrogen) atoms. The fourth-order valence-corrected chi connectivity index (χ4v) is 2.64. The first-order valence-electron chi connectivity index (χ1n) is 5.63. The van der Waals surface area contributed by atoms with Gasteiger partial charge in [-0.25, -0.2) is 12.8 Å². The van der Waals surface area contributed by atoms with Crippen LogP contribution in [-0.4, -0.2) is 25.6 Å². The summed E-state index contributed by atoms with van der Waals surface area (Å²) in [5, 5.41) is 18.1. The van der Waals surface area contributed by atoms with Crippen LogP contribution in [0.25, 0.3) is 0 Å². The van der Waals surface area contributed by atoms with Crippen molar-refractivity contribution in [3.8, 4) is 0 Å². The lowest BCUT2D eigenvalue weighted by Gasteiger charge is -2.09. The Hall–Kier alpha value is -1.90. The molecule has 3 N–H and O–H groups in total. The van der Waals surface area contributed by atoms with Gasteiger partial charge >= 0.3 is 7.12 Å². The molecule has 2 aromatic carbocycles. The molecule has 0 atom stereocenters. The molecular weight excluding hydrogens is 284 g/mol. The smallest absolute Gasteiger partial charge is 0.423 e. The summed E-state index contributed by atoms with van der Waals surface area (Å²) in [7, 11) is -5.54. The van der Waals surface area contributed by atoms with Crippen molar-refractivity contribution in [2.24, 2.45) is 0 Å². The maximum atomic E-state index is 12.8. The van der Waals surface area contributed by atoms with E-state index in [0.29, 0.717) is 0 Å². The summed E-state index contributed by atoms with van der Waals surface area (Å²) < 4.78 is 39.1. The van der Waals surface area contributed by atoms with Gasteiger partial charge in [-0.2, -0.15) is 0 Å². The van der Waals surface area contributed by atoms with Crippen molar-refractivity contribution >= 4 is 28.3 Å². The molecule has 0 fully saturated rings. The zero-order valence-electron chi connectivity index (χ0n) is 10.2. The highest BCUT2D eigenvalue weighted by Crippen LogP contribution is 2.15. The molecule has 0 unspecified atom stereocenters. The normalized spacial score (nSPS) is 11.2. The van der Waals surface area contributed by atoms with Crippen molar-refractivity contribution in [3.63, 3.8) is 0 Å². The average molecular weight is 295 g/mol. The minimum atomic E-state index is -3.85. The van der Waals surface area contributed by atoms with Gasteiger partial charge in [-0.1, -0.05) is 12.1 Å². The Balaban J connectivity index is 2.28. The van der Waals surface area contributed by atoms with E-state index in [1.54, 1.807) is 0 Å². The molecule has 5 nitrogen and oxygen atoms in total. The second-order valence-electron chi connectivity index (χ2n) is 4.06. The van der Waals surface area contributed by atoms with Crippen LogP contribution in [0.3, 0.4) is 0 Å². The second-order valence-corrected chi connectivity index (χ2v) is 5.74. The van der Waals surface area contributed by atoms with E-state index in [1.807, 2.05) is 0 Å². The lowest BCUT2D eigenvalue weighted by molar-refractivity contribution is 0.426. The summed E-state index contributed by atoms with van der Waals surface area (Å²) >= 11 is 0. The molecule has 0 aliphatic rings. The lowest BCUT2D eigenvalue weighted by Crippen LogP contribution is -2.30. The molecule has 0 bridgehead atoms. The molecule has 0 saturated carbocycles. The first kappa shape index (κ1) is 14.5. The monoisotopic (exact) mass is 295 g/mol. The zero-order chi connectivity index (χ0) is 14.8. The van der Waals surface area contributed by atoms with Crippen LogP contribution in [0.1, 0.15) is 0 Å². The van der Waals surface area contributed by atoms with E-state index in [0.717, 1.165) is 24.3 Å². The molecule has 0 heterocycles. The van der Waals surface area contributed by atoms with Gasteiger partial charge in [0.15, 0.2) is 0 Å². The van der Waals surface area contributed by atoms with E-state index in [2.05, 4.69) is 4.72 Å². The van der Waals surface area contributed by atoms with Crippen molar-refractivity contribution in [1.82, 2.24) is 0 Å². The summed E-state index contributed by atoms with van der Waals surface area (Å²) in [6.45, 7) is 0. The van der Waals surface area contributed by atoms with Crippen LogP contribution < -0.4 is 10.2 Å². The Morgan fingerprint density at radius 3 is 2.30 bits per heavy atom. The van der Waals surface area contributed by atoms with Crippen LogP contribution in [0.4, 0.5) is 10.1 Å². The van der Waals surface area contributed by atoms with E-state index in [-0.39, 0.29) is 16.0 Å².